The van der Waals surface area contributed by atoms with Gasteiger partial charge in [-0.05, 0) is 114 Å². The van der Waals surface area contributed by atoms with Crippen molar-refractivity contribution in [3.05, 3.63) is 224 Å². The highest BCUT2D eigenvalue weighted by atomic mass is 15.1. The fraction of sp³-hybridized carbons (Fsp3) is 0. The lowest BCUT2D eigenvalue weighted by Crippen LogP contribution is -2.11. The molecule has 0 N–H and O–H groups in total. The van der Waals surface area contributed by atoms with E-state index in [1.54, 1.807) is 0 Å². The molecule has 0 aliphatic rings. The normalized spacial score (nSPS) is 11.3. The molecule has 0 saturated carbocycles. The smallest absolute Gasteiger partial charge is 0.0540 e. The van der Waals surface area contributed by atoms with Gasteiger partial charge in [-0.3, -0.25) is 0 Å². The number of benzene rings is 10. The molecule has 10 rings (SSSR count). The first-order valence-corrected chi connectivity index (χ1v) is 18.9. The van der Waals surface area contributed by atoms with E-state index in [0.717, 1.165) is 17.1 Å². The van der Waals surface area contributed by atoms with E-state index in [2.05, 4.69) is 229 Å². The van der Waals surface area contributed by atoms with Crippen LogP contribution in [0.1, 0.15) is 0 Å². The second kappa shape index (κ2) is 14.0. The molecular weight excluding hydrogens is 663 g/mol. The van der Waals surface area contributed by atoms with E-state index in [9.17, 15) is 0 Å². The lowest BCUT2D eigenvalue weighted by Gasteiger charge is -2.28. The third-order valence-corrected chi connectivity index (χ3v) is 10.9. The van der Waals surface area contributed by atoms with Crippen molar-refractivity contribution in [3.8, 4) is 44.5 Å². The Balaban J connectivity index is 1.07. The molecule has 1 heteroatoms. The summed E-state index contributed by atoms with van der Waals surface area (Å²) in [7, 11) is 0. The average Bonchev–Trinajstić information content (AvgIpc) is 3.27. The zero-order chi connectivity index (χ0) is 36.6. The van der Waals surface area contributed by atoms with Crippen molar-refractivity contribution >= 4 is 49.4 Å². The van der Waals surface area contributed by atoms with Crippen LogP contribution in [0.15, 0.2) is 224 Å². The molecule has 0 spiro atoms. The lowest BCUT2D eigenvalue weighted by molar-refractivity contribution is 1.28. The molecule has 0 fully saturated rings. The topological polar surface area (TPSA) is 3.24 Å². The predicted octanol–water partition coefficient (Wildman–Crippen LogP) is 15.3. The average molecular weight is 700 g/mol. The molecule has 0 atom stereocenters. The first-order valence-electron chi connectivity index (χ1n) is 18.9. The largest absolute Gasteiger partial charge is 0.310 e. The molecule has 10 aromatic carbocycles. The Morgan fingerprint density at radius 1 is 0.236 bits per heavy atom. The summed E-state index contributed by atoms with van der Waals surface area (Å²) in [5.74, 6) is 0. The SMILES string of the molecule is c1ccc(-c2ccccc2N(c2ccc(-c3cccc(-c4cccc5ccccc45)c3)cc2)c2ccc(-c3cc4ccccc4c4ccccc34)cc2)cc1. The zero-order valence-electron chi connectivity index (χ0n) is 30.3. The molecule has 0 bridgehead atoms. The Labute approximate surface area is 322 Å². The van der Waals surface area contributed by atoms with Gasteiger partial charge in [0, 0.05) is 16.9 Å². The van der Waals surface area contributed by atoms with Gasteiger partial charge in [0.05, 0.1) is 5.69 Å². The van der Waals surface area contributed by atoms with Gasteiger partial charge in [-0.15, -0.1) is 0 Å². The van der Waals surface area contributed by atoms with Crippen molar-refractivity contribution in [2.45, 2.75) is 0 Å². The summed E-state index contributed by atoms with van der Waals surface area (Å²) in [5, 5.41) is 7.60. The molecule has 0 amide bonds. The van der Waals surface area contributed by atoms with Crippen LogP contribution in [0.25, 0.3) is 76.8 Å². The van der Waals surface area contributed by atoms with Gasteiger partial charge in [0.25, 0.3) is 0 Å². The van der Waals surface area contributed by atoms with Crippen LogP contribution in [0.4, 0.5) is 17.1 Å². The molecule has 0 unspecified atom stereocenters. The van der Waals surface area contributed by atoms with E-state index < -0.39 is 0 Å². The number of hydrogen-bond donors (Lipinski definition) is 0. The van der Waals surface area contributed by atoms with Gasteiger partial charge in [0.2, 0.25) is 0 Å². The van der Waals surface area contributed by atoms with E-state index in [0.29, 0.717) is 0 Å². The molecule has 55 heavy (non-hydrogen) atoms. The van der Waals surface area contributed by atoms with Gasteiger partial charge in [-0.1, -0.05) is 182 Å². The van der Waals surface area contributed by atoms with Crippen molar-refractivity contribution in [2.75, 3.05) is 4.90 Å². The van der Waals surface area contributed by atoms with E-state index in [1.165, 1.54) is 76.8 Å². The number of hydrogen-bond acceptors (Lipinski definition) is 1. The molecule has 0 radical (unpaired) electrons. The van der Waals surface area contributed by atoms with Crippen LogP contribution in [0.5, 0.6) is 0 Å². The summed E-state index contributed by atoms with van der Waals surface area (Å²) < 4.78 is 0. The monoisotopic (exact) mass is 699 g/mol. The summed E-state index contributed by atoms with van der Waals surface area (Å²) in [4.78, 5) is 2.39. The Morgan fingerprint density at radius 2 is 0.745 bits per heavy atom. The van der Waals surface area contributed by atoms with Gasteiger partial charge in [-0.2, -0.15) is 0 Å². The number of para-hydroxylation sites is 1. The predicted molar refractivity (Wildman–Crippen MR) is 235 cm³/mol. The van der Waals surface area contributed by atoms with Crippen molar-refractivity contribution in [1.29, 1.82) is 0 Å². The zero-order valence-corrected chi connectivity index (χ0v) is 30.3. The Bertz CT molecular complexity index is 2950. The maximum absolute atomic E-state index is 2.39. The Hall–Kier alpha value is -7.22. The van der Waals surface area contributed by atoms with Crippen molar-refractivity contribution in [1.82, 2.24) is 0 Å². The number of anilines is 3. The fourth-order valence-electron chi connectivity index (χ4n) is 8.19. The van der Waals surface area contributed by atoms with Crippen LogP contribution in [0, 0.1) is 0 Å². The fourth-order valence-corrected chi connectivity index (χ4v) is 8.19. The summed E-state index contributed by atoms with van der Waals surface area (Å²) in [5.41, 5.74) is 13.0. The minimum atomic E-state index is 1.10. The van der Waals surface area contributed by atoms with Crippen molar-refractivity contribution < 1.29 is 0 Å². The van der Waals surface area contributed by atoms with E-state index >= 15 is 0 Å². The molecule has 0 saturated heterocycles. The summed E-state index contributed by atoms with van der Waals surface area (Å²) >= 11 is 0. The first-order chi connectivity index (χ1) is 27.3. The van der Waals surface area contributed by atoms with E-state index in [-0.39, 0.29) is 0 Å². The minimum absolute atomic E-state index is 1.10. The second-order valence-electron chi connectivity index (χ2n) is 14.1. The second-order valence-corrected chi connectivity index (χ2v) is 14.1. The van der Waals surface area contributed by atoms with E-state index in [4.69, 9.17) is 0 Å². The highest BCUT2D eigenvalue weighted by molar-refractivity contribution is 6.13. The van der Waals surface area contributed by atoms with Gasteiger partial charge in [0.1, 0.15) is 0 Å². The number of rotatable bonds is 7. The van der Waals surface area contributed by atoms with Gasteiger partial charge >= 0.3 is 0 Å². The summed E-state index contributed by atoms with van der Waals surface area (Å²) in [6.45, 7) is 0. The standard InChI is InChI=1S/C54H37N/c1-2-14-40(15-3-1)50-23-10-11-27-54(50)55(46-34-30-41(31-35-46)53-37-44-17-5-7-22-49(44)51-24-8-9-25-52(51)53)45-32-28-38(29-33-45)42-19-12-20-43(36-42)48-26-13-18-39-16-4-6-21-47(39)48/h1-37H. The molecule has 10 aromatic rings. The Kier molecular flexibility index (Phi) is 8.24. The third kappa shape index (κ3) is 6.02. The van der Waals surface area contributed by atoms with Crippen molar-refractivity contribution in [3.63, 3.8) is 0 Å². The molecule has 0 aliphatic carbocycles. The molecular formula is C54H37N. The summed E-state index contributed by atoms with van der Waals surface area (Å²) in [6.07, 6.45) is 0. The molecule has 0 aromatic heterocycles. The van der Waals surface area contributed by atoms with Crippen LogP contribution in [0.3, 0.4) is 0 Å². The molecule has 258 valence electrons. The summed E-state index contributed by atoms with van der Waals surface area (Å²) in [6, 6.07) is 81.4. The van der Waals surface area contributed by atoms with Crippen LogP contribution < -0.4 is 4.90 Å². The first kappa shape index (κ1) is 32.4. The highest BCUT2D eigenvalue weighted by Gasteiger charge is 2.18. The van der Waals surface area contributed by atoms with Crippen LogP contribution >= 0.6 is 0 Å². The van der Waals surface area contributed by atoms with Crippen molar-refractivity contribution in [2.24, 2.45) is 0 Å². The third-order valence-electron chi connectivity index (χ3n) is 10.9. The number of nitrogens with zero attached hydrogens (tertiary/aromatic N) is 1. The van der Waals surface area contributed by atoms with Gasteiger partial charge in [-0.25, -0.2) is 0 Å². The molecule has 0 heterocycles. The molecule has 0 aliphatic heterocycles. The number of fused-ring (bicyclic) bond motifs is 4. The lowest BCUT2D eigenvalue weighted by atomic mass is 9.93. The van der Waals surface area contributed by atoms with Gasteiger partial charge < -0.3 is 4.90 Å². The minimum Gasteiger partial charge on any atom is -0.310 e. The quantitative estimate of drug-likeness (QED) is 0.150. The van der Waals surface area contributed by atoms with Crippen LogP contribution in [0.2, 0.25) is 0 Å². The highest BCUT2D eigenvalue weighted by Crippen LogP contribution is 2.43. The van der Waals surface area contributed by atoms with Gasteiger partial charge in [0.15, 0.2) is 0 Å². The van der Waals surface area contributed by atoms with Crippen LogP contribution in [-0.2, 0) is 0 Å². The maximum atomic E-state index is 2.39. The maximum Gasteiger partial charge on any atom is 0.0540 e. The molecule has 1 nitrogen and oxygen atoms in total. The Morgan fingerprint density at radius 3 is 1.53 bits per heavy atom. The van der Waals surface area contributed by atoms with E-state index in [1.807, 2.05) is 0 Å². The van der Waals surface area contributed by atoms with Crippen LogP contribution in [-0.4, -0.2) is 0 Å².